The van der Waals surface area contributed by atoms with Gasteiger partial charge >= 0.3 is 5.69 Å². The second kappa shape index (κ2) is 8.50. The van der Waals surface area contributed by atoms with Gasteiger partial charge in [-0.25, -0.2) is 4.79 Å². The number of nitrogens with zero attached hydrogens (tertiary/aromatic N) is 2. The van der Waals surface area contributed by atoms with Gasteiger partial charge in [0.15, 0.2) is 0 Å². The third-order valence-corrected chi connectivity index (χ3v) is 4.86. The fourth-order valence-electron chi connectivity index (χ4n) is 2.94. The Morgan fingerprint density at radius 1 is 1.00 bits per heavy atom. The standard InChI is InChI=1S/C19H18Cl2N4O3/c1-2-24-15-5-3-4-6-16(15)25(19(24)28)10-9-17(26)22-23-18(27)13-11-12(20)7-8-14(13)21/h3-8,11H,2,9-10H2,1H3,(H,22,26)(H,23,27). The number of nitrogens with one attached hydrogen (secondary N) is 2. The highest BCUT2D eigenvalue weighted by Crippen LogP contribution is 2.20. The molecular weight excluding hydrogens is 403 g/mol. The van der Waals surface area contributed by atoms with E-state index in [1.54, 1.807) is 15.2 Å². The molecule has 2 amide bonds. The van der Waals surface area contributed by atoms with Crippen LogP contribution in [0.15, 0.2) is 47.3 Å². The van der Waals surface area contributed by atoms with E-state index in [0.717, 1.165) is 11.0 Å². The number of carbonyl (C=O) groups excluding carboxylic acids is 2. The van der Waals surface area contributed by atoms with Gasteiger partial charge in [-0.05, 0) is 37.3 Å². The first kappa shape index (κ1) is 20.0. The van der Waals surface area contributed by atoms with Crippen LogP contribution in [0.5, 0.6) is 0 Å². The van der Waals surface area contributed by atoms with Gasteiger partial charge in [0.2, 0.25) is 5.91 Å². The summed E-state index contributed by atoms with van der Waals surface area (Å²) < 4.78 is 3.20. The summed E-state index contributed by atoms with van der Waals surface area (Å²) in [5, 5.41) is 0.572. The highest BCUT2D eigenvalue weighted by atomic mass is 35.5. The number of hydrogen-bond donors (Lipinski definition) is 2. The number of halogens is 2. The molecule has 0 saturated heterocycles. The molecule has 3 aromatic rings. The number of carbonyl (C=O) groups is 2. The maximum atomic E-state index is 12.5. The first-order chi connectivity index (χ1) is 13.4. The highest BCUT2D eigenvalue weighted by Gasteiger charge is 2.14. The third kappa shape index (κ3) is 4.05. The van der Waals surface area contributed by atoms with Crippen LogP contribution in [-0.2, 0) is 17.9 Å². The first-order valence-electron chi connectivity index (χ1n) is 8.64. The molecular formula is C19H18Cl2N4O3. The van der Waals surface area contributed by atoms with Crippen LogP contribution in [0.1, 0.15) is 23.7 Å². The number of benzene rings is 2. The van der Waals surface area contributed by atoms with Crippen molar-refractivity contribution < 1.29 is 9.59 Å². The summed E-state index contributed by atoms with van der Waals surface area (Å²) in [5.74, 6) is -1.02. The summed E-state index contributed by atoms with van der Waals surface area (Å²) in [6.45, 7) is 2.61. The van der Waals surface area contributed by atoms with Gasteiger partial charge in [-0.2, -0.15) is 0 Å². The Labute approximate surface area is 170 Å². The number of fused-ring (bicyclic) bond motifs is 1. The van der Waals surface area contributed by atoms with Crippen molar-refractivity contribution in [2.45, 2.75) is 26.4 Å². The molecule has 2 N–H and O–H groups in total. The van der Waals surface area contributed by atoms with Crippen molar-refractivity contribution >= 4 is 46.0 Å². The molecule has 3 rings (SSSR count). The van der Waals surface area contributed by atoms with Crippen molar-refractivity contribution in [1.82, 2.24) is 20.0 Å². The van der Waals surface area contributed by atoms with E-state index in [-0.39, 0.29) is 29.2 Å². The van der Waals surface area contributed by atoms with E-state index in [9.17, 15) is 14.4 Å². The number of amides is 2. The summed E-state index contributed by atoms with van der Waals surface area (Å²) in [5.41, 5.74) is 6.18. The lowest BCUT2D eigenvalue weighted by Crippen LogP contribution is -2.42. The maximum absolute atomic E-state index is 12.5. The van der Waals surface area contributed by atoms with Crippen LogP contribution >= 0.6 is 23.2 Å². The Bertz CT molecular complexity index is 1100. The summed E-state index contributed by atoms with van der Waals surface area (Å²) in [6.07, 6.45) is 0.0151. The molecule has 1 heterocycles. The first-order valence-corrected chi connectivity index (χ1v) is 9.40. The number of aryl methyl sites for hydroxylation is 2. The number of hydrogen-bond acceptors (Lipinski definition) is 3. The average Bonchev–Trinajstić information content (AvgIpc) is 2.96. The molecule has 1 aromatic heterocycles. The Morgan fingerprint density at radius 3 is 2.36 bits per heavy atom. The highest BCUT2D eigenvalue weighted by molar-refractivity contribution is 6.35. The van der Waals surface area contributed by atoms with Crippen molar-refractivity contribution in [1.29, 1.82) is 0 Å². The second-order valence-electron chi connectivity index (χ2n) is 6.04. The fraction of sp³-hybridized carbons (Fsp3) is 0.211. The average molecular weight is 421 g/mol. The SMILES string of the molecule is CCn1c(=O)n(CCC(=O)NNC(=O)c2cc(Cl)ccc2Cl)c2ccccc21. The lowest BCUT2D eigenvalue weighted by molar-refractivity contribution is -0.122. The van der Waals surface area contributed by atoms with Crippen LogP contribution < -0.4 is 16.5 Å². The molecule has 0 atom stereocenters. The van der Waals surface area contributed by atoms with Gasteiger partial charge in [-0.15, -0.1) is 0 Å². The van der Waals surface area contributed by atoms with Crippen molar-refractivity contribution in [2.75, 3.05) is 0 Å². The number of rotatable bonds is 5. The van der Waals surface area contributed by atoms with E-state index in [1.165, 1.54) is 12.1 Å². The number of para-hydroxylation sites is 2. The minimum absolute atomic E-state index is 0.0151. The Morgan fingerprint density at radius 2 is 1.68 bits per heavy atom. The molecule has 9 heteroatoms. The van der Waals surface area contributed by atoms with E-state index < -0.39 is 11.8 Å². The molecule has 0 unspecified atom stereocenters. The molecule has 0 saturated carbocycles. The van der Waals surface area contributed by atoms with Gasteiger partial charge < -0.3 is 0 Å². The minimum atomic E-state index is -0.583. The monoisotopic (exact) mass is 420 g/mol. The fourth-order valence-corrected chi connectivity index (χ4v) is 3.31. The van der Waals surface area contributed by atoms with Crippen molar-refractivity contribution in [3.8, 4) is 0 Å². The zero-order valence-corrected chi connectivity index (χ0v) is 16.5. The van der Waals surface area contributed by atoms with Crippen LogP contribution in [0.2, 0.25) is 10.0 Å². The molecule has 28 heavy (non-hydrogen) atoms. The van der Waals surface area contributed by atoms with Gasteiger partial charge in [0.25, 0.3) is 5.91 Å². The Balaban J connectivity index is 1.65. The summed E-state index contributed by atoms with van der Waals surface area (Å²) >= 11 is 11.8. The van der Waals surface area contributed by atoms with Crippen LogP contribution in [0.3, 0.4) is 0 Å². The van der Waals surface area contributed by atoms with E-state index in [4.69, 9.17) is 23.2 Å². The largest absolute Gasteiger partial charge is 0.329 e. The predicted molar refractivity (Wildman–Crippen MR) is 109 cm³/mol. The minimum Gasteiger partial charge on any atom is -0.292 e. The van der Waals surface area contributed by atoms with Gasteiger partial charge in [0, 0.05) is 24.5 Å². The number of hydrazine groups is 1. The molecule has 146 valence electrons. The smallest absolute Gasteiger partial charge is 0.292 e. The van der Waals surface area contributed by atoms with Crippen LogP contribution in [0.25, 0.3) is 11.0 Å². The van der Waals surface area contributed by atoms with Crippen LogP contribution in [0, 0.1) is 0 Å². The predicted octanol–water partition coefficient (Wildman–Crippen LogP) is 2.98. The van der Waals surface area contributed by atoms with Crippen LogP contribution in [0.4, 0.5) is 0 Å². The van der Waals surface area contributed by atoms with Crippen molar-refractivity contribution in [3.05, 3.63) is 68.6 Å². The Hall–Kier alpha value is -2.77. The molecule has 0 aliphatic rings. The zero-order valence-electron chi connectivity index (χ0n) is 15.0. The molecule has 0 aliphatic heterocycles. The lowest BCUT2D eigenvalue weighted by Gasteiger charge is -2.09. The number of imidazole rings is 1. The van der Waals surface area contributed by atoms with E-state index in [1.807, 2.05) is 31.2 Å². The third-order valence-electron chi connectivity index (χ3n) is 4.29. The summed E-state index contributed by atoms with van der Waals surface area (Å²) in [7, 11) is 0. The zero-order chi connectivity index (χ0) is 20.3. The number of aromatic nitrogens is 2. The van der Waals surface area contributed by atoms with E-state index >= 15 is 0 Å². The van der Waals surface area contributed by atoms with Gasteiger partial charge in [-0.3, -0.25) is 29.6 Å². The molecule has 0 bridgehead atoms. The summed E-state index contributed by atoms with van der Waals surface area (Å²) in [4.78, 5) is 36.8. The van der Waals surface area contributed by atoms with Gasteiger partial charge in [0.1, 0.15) is 0 Å². The molecule has 2 aromatic carbocycles. The molecule has 0 spiro atoms. The molecule has 0 fully saturated rings. The van der Waals surface area contributed by atoms with Crippen molar-refractivity contribution in [3.63, 3.8) is 0 Å². The Kier molecular flexibility index (Phi) is 6.06. The van der Waals surface area contributed by atoms with E-state index in [2.05, 4.69) is 10.9 Å². The normalized spacial score (nSPS) is 10.8. The maximum Gasteiger partial charge on any atom is 0.329 e. The quantitative estimate of drug-likeness (QED) is 0.622. The lowest BCUT2D eigenvalue weighted by atomic mass is 10.2. The molecule has 0 aliphatic carbocycles. The van der Waals surface area contributed by atoms with Gasteiger partial charge in [0.05, 0.1) is 21.6 Å². The second-order valence-corrected chi connectivity index (χ2v) is 6.89. The van der Waals surface area contributed by atoms with E-state index in [0.29, 0.717) is 11.6 Å². The topological polar surface area (TPSA) is 85.1 Å². The van der Waals surface area contributed by atoms with Gasteiger partial charge in [-0.1, -0.05) is 35.3 Å². The van der Waals surface area contributed by atoms with Crippen LogP contribution in [-0.4, -0.2) is 20.9 Å². The summed E-state index contributed by atoms with van der Waals surface area (Å²) in [6, 6.07) is 11.9. The molecule has 7 nitrogen and oxygen atoms in total. The molecule has 0 radical (unpaired) electrons. The van der Waals surface area contributed by atoms with Crippen molar-refractivity contribution in [2.24, 2.45) is 0 Å².